The molecule has 0 aliphatic carbocycles. The van der Waals surface area contributed by atoms with Gasteiger partial charge in [-0.1, -0.05) is 12.1 Å². The van der Waals surface area contributed by atoms with E-state index in [0.29, 0.717) is 13.1 Å². The van der Waals surface area contributed by atoms with Gasteiger partial charge in [0.15, 0.2) is 0 Å². The fourth-order valence-corrected chi connectivity index (χ4v) is 2.45. The minimum atomic E-state index is -0.315. The van der Waals surface area contributed by atoms with Gasteiger partial charge < -0.3 is 9.64 Å². The van der Waals surface area contributed by atoms with Crippen LogP contribution in [0.4, 0.5) is 4.39 Å². The molecule has 0 N–H and O–H groups in total. The van der Waals surface area contributed by atoms with E-state index >= 15 is 0 Å². The number of rotatable bonds is 3. The molecule has 0 radical (unpaired) electrons. The summed E-state index contributed by atoms with van der Waals surface area (Å²) in [5.74, 6) is -0.842. The number of hydrogen-bond acceptors (Lipinski definition) is 3. The van der Waals surface area contributed by atoms with Gasteiger partial charge in [-0.2, -0.15) is 0 Å². The molecule has 1 saturated heterocycles. The van der Waals surface area contributed by atoms with E-state index < -0.39 is 0 Å². The van der Waals surface area contributed by atoms with Gasteiger partial charge >= 0.3 is 5.97 Å². The standard InChI is InChI=1S/C15H18FNO3/c1-20-15(19)12-3-2-8-17(10-12)14(18)9-11-4-6-13(16)7-5-11/h4-7,12H,2-3,8-10H2,1H3. The summed E-state index contributed by atoms with van der Waals surface area (Å²) < 4.78 is 17.5. The third-order valence-electron chi connectivity index (χ3n) is 3.58. The van der Waals surface area contributed by atoms with Gasteiger partial charge in [0, 0.05) is 13.1 Å². The van der Waals surface area contributed by atoms with Gasteiger partial charge in [0.05, 0.1) is 19.4 Å². The van der Waals surface area contributed by atoms with E-state index in [1.165, 1.54) is 19.2 Å². The van der Waals surface area contributed by atoms with Gasteiger partial charge in [0.2, 0.25) is 5.91 Å². The fraction of sp³-hybridized carbons (Fsp3) is 0.467. The summed E-state index contributed by atoms with van der Waals surface area (Å²) >= 11 is 0. The Hall–Kier alpha value is -1.91. The highest BCUT2D eigenvalue weighted by Crippen LogP contribution is 2.18. The van der Waals surface area contributed by atoms with Crippen LogP contribution < -0.4 is 0 Å². The zero-order valence-electron chi connectivity index (χ0n) is 11.5. The van der Waals surface area contributed by atoms with Crippen LogP contribution in [0.15, 0.2) is 24.3 Å². The number of benzene rings is 1. The first-order valence-electron chi connectivity index (χ1n) is 6.70. The van der Waals surface area contributed by atoms with Gasteiger partial charge in [0.25, 0.3) is 0 Å². The fourth-order valence-electron chi connectivity index (χ4n) is 2.45. The molecule has 0 spiro atoms. The summed E-state index contributed by atoms with van der Waals surface area (Å²) in [5.41, 5.74) is 0.775. The Kier molecular flexibility index (Phi) is 4.71. The average molecular weight is 279 g/mol. The highest BCUT2D eigenvalue weighted by Gasteiger charge is 2.28. The second kappa shape index (κ2) is 6.50. The van der Waals surface area contributed by atoms with E-state index in [2.05, 4.69) is 0 Å². The molecule has 1 amide bonds. The average Bonchev–Trinajstić information content (AvgIpc) is 2.49. The molecule has 108 valence electrons. The lowest BCUT2D eigenvalue weighted by Gasteiger charge is -2.31. The van der Waals surface area contributed by atoms with Crippen LogP contribution in [-0.2, 0) is 20.7 Å². The summed E-state index contributed by atoms with van der Waals surface area (Å²) in [6, 6.07) is 5.90. The minimum absolute atomic E-state index is 0.0368. The van der Waals surface area contributed by atoms with Gasteiger partial charge in [-0.05, 0) is 30.5 Å². The Morgan fingerprint density at radius 2 is 2.05 bits per heavy atom. The molecule has 0 saturated carbocycles. The zero-order valence-corrected chi connectivity index (χ0v) is 11.5. The van der Waals surface area contributed by atoms with Crippen LogP contribution in [0.25, 0.3) is 0 Å². The van der Waals surface area contributed by atoms with E-state index in [0.717, 1.165) is 18.4 Å². The van der Waals surface area contributed by atoms with Crippen LogP contribution in [0, 0.1) is 11.7 Å². The Labute approximate surface area is 117 Å². The van der Waals surface area contributed by atoms with Crippen molar-refractivity contribution in [2.45, 2.75) is 19.3 Å². The second-order valence-corrected chi connectivity index (χ2v) is 5.01. The predicted octanol–water partition coefficient (Wildman–Crippen LogP) is 1.78. The van der Waals surface area contributed by atoms with Crippen molar-refractivity contribution in [2.75, 3.05) is 20.2 Å². The maximum atomic E-state index is 12.8. The molecule has 1 aromatic rings. The number of methoxy groups -OCH3 is 1. The van der Waals surface area contributed by atoms with Crippen LogP contribution >= 0.6 is 0 Å². The Bertz CT molecular complexity index is 486. The highest BCUT2D eigenvalue weighted by molar-refractivity contribution is 5.80. The molecular weight excluding hydrogens is 261 g/mol. The first-order chi connectivity index (χ1) is 9.60. The lowest BCUT2D eigenvalue weighted by atomic mass is 9.97. The Morgan fingerprint density at radius 1 is 1.35 bits per heavy atom. The van der Waals surface area contributed by atoms with Gasteiger partial charge in [-0.25, -0.2) is 4.39 Å². The number of nitrogens with zero attached hydrogens (tertiary/aromatic N) is 1. The largest absolute Gasteiger partial charge is 0.469 e. The number of esters is 1. The monoisotopic (exact) mass is 279 g/mol. The molecule has 5 heteroatoms. The van der Waals surface area contributed by atoms with Crippen molar-refractivity contribution >= 4 is 11.9 Å². The molecule has 1 heterocycles. The molecule has 0 bridgehead atoms. The molecule has 1 aliphatic heterocycles. The van der Waals surface area contributed by atoms with E-state index in [4.69, 9.17) is 4.74 Å². The number of carbonyl (C=O) groups excluding carboxylic acids is 2. The second-order valence-electron chi connectivity index (χ2n) is 5.01. The maximum Gasteiger partial charge on any atom is 0.310 e. The lowest BCUT2D eigenvalue weighted by molar-refractivity contribution is -0.148. The van der Waals surface area contributed by atoms with Crippen molar-refractivity contribution in [3.63, 3.8) is 0 Å². The van der Waals surface area contributed by atoms with Crippen LogP contribution in [0.1, 0.15) is 18.4 Å². The van der Waals surface area contributed by atoms with Gasteiger partial charge in [0.1, 0.15) is 5.82 Å². The quantitative estimate of drug-likeness (QED) is 0.792. The van der Waals surface area contributed by atoms with Crippen molar-refractivity contribution in [3.8, 4) is 0 Å². The van der Waals surface area contributed by atoms with Crippen LogP contribution in [0.5, 0.6) is 0 Å². The molecule has 0 aromatic heterocycles. The molecule has 4 nitrogen and oxygen atoms in total. The number of likely N-dealkylation sites (tertiary alicyclic amines) is 1. The molecule has 1 aliphatic rings. The van der Waals surface area contributed by atoms with Crippen molar-refractivity contribution in [1.82, 2.24) is 4.90 Å². The smallest absolute Gasteiger partial charge is 0.310 e. The van der Waals surface area contributed by atoms with Gasteiger partial charge in [-0.3, -0.25) is 9.59 Å². The molecule has 2 rings (SSSR count). The summed E-state index contributed by atoms with van der Waals surface area (Å²) in [4.78, 5) is 25.4. The highest BCUT2D eigenvalue weighted by atomic mass is 19.1. The van der Waals surface area contributed by atoms with E-state index in [-0.39, 0.29) is 30.0 Å². The summed E-state index contributed by atoms with van der Waals surface area (Å²) in [5, 5.41) is 0. The Balaban J connectivity index is 1.95. The van der Waals surface area contributed by atoms with Crippen molar-refractivity contribution < 1.29 is 18.7 Å². The minimum Gasteiger partial charge on any atom is -0.469 e. The summed E-state index contributed by atoms with van der Waals surface area (Å²) in [7, 11) is 1.36. The zero-order chi connectivity index (χ0) is 14.5. The third kappa shape index (κ3) is 3.56. The van der Waals surface area contributed by atoms with E-state index in [9.17, 15) is 14.0 Å². The van der Waals surface area contributed by atoms with Crippen LogP contribution in [0.3, 0.4) is 0 Å². The molecule has 20 heavy (non-hydrogen) atoms. The van der Waals surface area contributed by atoms with E-state index in [1.54, 1.807) is 17.0 Å². The number of ether oxygens (including phenoxy) is 1. The number of halogens is 1. The lowest BCUT2D eigenvalue weighted by Crippen LogP contribution is -2.43. The normalized spacial score (nSPS) is 18.7. The molecule has 1 unspecified atom stereocenters. The maximum absolute atomic E-state index is 12.8. The first kappa shape index (κ1) is 14.5. The molecule has 1 aromatic carbocycles. The SMILES string of the molecule is COC(=O)C1CCCN(C(=O)Cc2ccc(F)cc2)C1. The molecule has 1 fully saturated rings. The van der Waals surface area contributed by atoms with Gasteiger partial charge in [-0.15, -0.1) is 0 Å². The first-order valence-corrected chi connectivity index (χ1v) is 6.70. The van der Waals surface area contributed by atoms with Crippen molar-refractivity contribution in [3.05, 3.63) is 35.6 Å². The number of amides is 1. The number of piperidine rings is 1. The molecule has 1 atom stereocenters. The topological polar surface area (TPSA) is 46.6 Å². The van der Waals surface area contributed by atoms with Crippen LogP contribution in [-0.4, -0.2) is 37.0 Å². The predicted molar refractivity (Wildman–Crippen MR) is 71.4 cm³/mol. The summed E-state index contributed by atoms with van der Waals surface area (Å²) in [6.45, 7) is 1.07. The van der Waals surface area contributed by atoms with Crippen molar-refractivity contribution in [2.24, 2.45) is 5.92 Å². The third-order valence-corrected chi connectivity index (χ3v) is 3.58. The number of carbonyl (C=O) groups is 2. The van der Waals surface area contributed by atoms with Crippen LogP contribution in [0.2, 0.25) is 0 Å². The van der Waals surface area contributed by atoms with Crippen molar-refractivity contribution in [1.29, 1.82) is 0 Å². The summed E-state index contributed by atoms with van der Waals surface area (Å²) in [6.07, 6.45) is 1.79. The number of hydrogen-bond donors (Lipinski definition) is 0. The molecular formula is C15H18FNO3. The van der Waals surface area contributed by atoms with E-state index in [1.807, 2.05) is 0 Å². The Morgan fingerprint density at radius 3 is 2.70 bits per heavy atom.